The molecule has 0 heterocycles. The van der Waals surface area contributed by atoms with Gasteiger partial charge in [0.25, 0.3) is 5.91 Å². The van der Waals surface area contributed by atoms with Crippen LogP contribution in [0.4, 0.5) is 0 Å². The topological polar surface area (TPSA) is 58.2 Å². The standard InChI is InChI=1S/C14H16N2O2/c1-4-14(2,3)16-12(17)10-15-13(18)11-8-6-5-7-9-11/h1,5-9H,10H2,2-3H3,(H,15,18)(H,16,17). The lowest BCUT2D eigenvalue weighted by Gasteiger charge is -2.19. The van der Waals surface area contributed by atoms with Gasteiger partial charge in [0, 0.05) is 5.56 Å². The Bertz CT molecular complexity index is 472. The molecule has 94 valence electrons. The van der Waals surface area contributed by atoms with Crippen molar-refractivity contribution in [1.29, 1.82) is 0 Å². The third kappa shape index (κ3) is 4.30. The van der Waals surface area contributed by atoms with Gasteiger partial charge in [0.15, 0.2) is 0 Å². The Kier molecular flexibility index (Phi) is 4.50. The minimum absolute atomic E-state index is 0.0984. The lowest BCUT2D eigenvalue weighted by atomic mass is 10.1. The van der Waals surface area contributed by atoms with Crippen molar-refractivity contribution in [3.63, 3.8) is 0 Å². The van der Waals surface area contributed by atoms with Gasteiger partial charge in [-0.3, -0.25) is 9.59 Å². The van der Waals surface area contributed by atoms with Crippen LogP contribution in [0.2, 0.25) is 0 Å². The van der Waals surface area contributed by atoms with E-state index in [1.807, 2.05) is 6.07 Å². The van der Waals surface area contributed by atoms with E-state index >= 15 is 0 Å². The maximum Gasteiger partial charge on any atom is 0.251 e. The summed E-state index contributed by atoms with van der Waals surface area (Å²) < 4.78 is 0. The summed E-state index contributed by atoms with van der Waals surface area (Å²) in [6, 6.07) is 8.70. The van der Waals surface area contributed by atoms with Crippen LogP contribution >= 0.6 is 0 Å². The molecule has 0 aliphatic rings. The first-order valence-electron chi connectivity index (χ1n) is 5.56. The number of carbonyl (C=O) groups excluding carboxylic acids is 2. The zero-order valence-corrected chi connectivity index (χ0v) is 10.5. The summed E-state index contributed by atoms with van der Waals surface area (Å²) >= 11 is 0. The number of terminal acetylenes is 1. The third-order valence-corrected chi connectivity index (χ3v) is 2.26. The van der Waals surface area contributed by atoms with E-state index in [1.165, 1.54) is 0 Å². The van der Waals surface area contributed by atoms with Crippen molar-refractivity contribution in [3.05, 3.63) is 35.9 Å². The Morgan fingerprint density at radius 1 is 1.28 bits per heavy atom. The van der Waals surface area contributed by atoms with E-state index in [0.717, 1.165) is 0 Å². The average molecular weight is 244 g/mol. The predicted octanol–water partition coefficient (Wildman–Crippen LogP) is 0.944. The molecule has 1 aromatic carbocycles. The van der Waals surface area contributed by atoms with E-state index in [-0.39, 0.29) is 18.4 Å². The third-order valence-electron chi connectivity index (χ3n) is 2.26. The molecule has 4 heteroatoms. The van der Waals surface area contributed by atoms with Gasteiger partial charge in [0.05, 0.1) is 12.1 Å². The van der Waals surface area contributed by atoms with Crippen LogP contribution in [-0.2, 0) is 4.79 Å². The molecule has 2 N–H and O–H groups in total. The highest BCUT2D eigenvalue weighted by atomic mass is 16.2. The molecule has 4 nitrogen and oxygen atoms in total. The van der Waals surface area contributed by atoms with Gasteiger partial charge in [-0.25, -0.2) is 0 Å². The fourth-order valence-electron chi connectivity index (χ4n) is 1.28. The largest absolute Gasteiger partial charge is 0.343 e. The summed E-state index contributed by atoms with van der Waals surface area (Å²) in [5, 5.41) is 5.15. The molecule has 0 radical (unpaired) electrons. The molecular formula is C14H16N2O2. The molecule has 0 saturated heterocycles. The molecule has 1 aromatic rings. The van der Waals surface area contributed by atoms with E-state index in [4.69, 9.17) is 6.42 Å². The van der Waals surface area contributed by atoms with Crippen LogP contribution in [-0.4, -0.2) is 23.9 Å². The van der Waals surface area contributed by atoms with E-state index < -0.39 is 5.54 Å². The number of hydrogen-bond acceptors (Lipinski definition) is 2. The van der Waals surface area contributed by atoms with E-state index in [9.17, 15) is 9.59 Å². The van der Waals surface area contributed by atoms with E-state index in [2.05, 4.69) is 16.6 Å². The molecule has 0 spiro atoms. The Hall–Kier alpha value is -2.28. The molecule has 18 heavy (non-hydrogen) atoms. The molecule has 0 bridgehead atoms. The fourth-order valence-corrected chi connectivity index (χ4v) is 1.28. The molecule has 0 aliphatic heterocycles. The molecule has 1 rings (SSSR count). The van der Waals surface area contributed by atoms with Crippen molar-refractivity contribution in [2.45, 2.75) is 19.4 Å². The molecule has 0 aliphatic carbocycles. The van der Waals surface area contributed by atoms with Gasteiger partial charge in [-0.2, -0.15) is 0 Å². The maximum absolute atomic E-state index is 11.7. The summed E-state index contributed by atoms with van der Waals surface area (Å²) in [6.07, 6.45) is 5.25. The van der Waals surface area contributed by atoms with Crippen molar-refractivity contribution in [3.8, 4) is 12.3 Å². The Labute approximate surface area is 107 Å². The second kappa shape index (κ2) is 5.87. The first-order valence-corrected chi connectivity index (χ1v) is 5.56. The van der Waals surface area contributed by atoms with Gasteiger partial charge in [-0.05, 0) is 26.0 Å². The van der Waals surface area contributed by atoms with E-state index in [1.54, 1.807) is 38.1 Å². The van der Waals surface area contributed by atoms with Crippen LogP contribution in [0, 0.1) is 12.3 Å². The van der Waals surface area contributed by atoms with Gasteiger partial charge in [-0.1, -0.05) is 24.1 Å². The van der Waals surface area contributed by atoms with Gasteiger partial charge < -0.3 is 10.6 Å². The highest BCUT2D eigenvalue weighted by molar-refractivity contribution is 5.96. The van der Waals surface area contributed by atoms with Crippen molar-refractivity contribution in [2.24, 2.45) is 0 Å². The molecular weight excluding hydrogens is 228 g/mol. The summed E-state index contributed by atoms with van der Waals surface area (Å²) in [5.74, 6) is 1.84. The SMILES string of the molecule is C#CC(C)(C)NC(=O)CNC(=O)c1ccccc1. The number of amides is 2. The Balaban J connectivity index is 2.45. The van der Waals surface area contributed by atoms with E-state index in [0.29, 0.717) is 5.56 Å². The lowest BCUT2D eigenvalue weighted by Crippen LogP contribution is -2.46. The number of hydrogen-bond donors (Lipinski definition) is 2. The maximum atomic E-state index is 11.7. The van der Waals surface area contributed by atoms with Gasteiger partial charge >= 0.3 is 0 Å². The molecule has 0 fully saturated rings. The second-order valence-electron chi connectivity index (χ2n) is 4.37. The van der Waals surface area contributed by atoms with Gasteiger partial charge in [0.2, 0.25) is 5.91 Å². The monoisotopic (exact) mass is 244 g/mol. The van der Waals surface area contributed by atoms with Crippen LogP contribution in [0.25, 0.3) is 0 Å². The fraction of sp³-hybridized carbons (Fsp3) is 0.286. The van der Waals surface area contributed by atoms with Crippen LogP contribution in [0.1, 0.15) is 24.2 Å². The van der Waals surface area contributed by atoms with Crippen LogP contribution in [0.15, 0.2) is 30.3 Å². The normalized spacial score (nSPS) is 10.3. The molecule has 0 aromatic heterocycles. The van der Waals surface area contributed by atoms with Crippen molar-refractivity contribution in [2.75, 3.05) is 6.54 Å². The summed E-state index contributed by atoms with van der Waals surface area (Å²) in [6.45, 7) is 3.33. The summed E-state index contributed by atoms with van der Waals surface area (Å²) in [7, 11) is 0. The van der Waals surface area contributed by atoms with Crippen LogP contribution in [0.3, 0.4) is 0 Å². The number of nitrogens with one attached hydrogen (secondary N) is 2. The smallest absolute Gasteiger partial charge is 0.251 e. The Morgan fingerprint density at radius 3 is 2.44 bits per heavy atom. The highest BCUT2D eigenvalue weighted by Gasteiger charge is 2.17. The Morgan fingerprint density at radius 2 is 1.89 bits per heavy atom. The number of rotatable bonds is 4. The van der Waals surface area contributed by atoms with Crippen LogP contribution < -0.4 is 10.6 Å². The first kappa shape index (κ1) is 13.8. The second-order valence-corrected chi connectivity index (χ2v) is 4.37. The number of benzene rings is 1. The minimum Gasteiger partial charge on any atom is -0.343 e. The van der Waals surface area contributed by atoms with Gasteiger partial charge in [0.1, 0.15) is 0 Å². The highest BCUT2D eigenvalue weighted by Crippen LogP contribution is 1.99. The minimum atomic E-state index is -0.714. The lowest BCUT2D eigenvalue weighted by molar-refractivity contribution is -0.121. The molecule has 2 amide bonds. The molecule has 0 saturated carbocycles. The molecule has 0 atom stereocenters. The van der Waals surface area contributed by atoms with Crippen molar-refractivity contribution >= 4 is 11.8 Å². The van der Waals surface area contributed by atoms with Crippen LogP contribution in [0.5, 0.6) is 0 Å². The predicted molar refractivity (Wildman–Crippen MR) is 69.8 cm³/mol. The quantitative estimate of drug-likeness (QED) is 0.775. The van der Waals surface area contributed by atoms with Crippen molar-refractivity contribution < 1.29 is 9.59 Å². The zero-order chi connectivity index (χ0) is 13.6. The van der Waals surface area contributed by atoms with Gasteiger partial charge in [-0.15, -0.1) is 6.42 Å². The first-order chi connectivity index (χ1) is 8.44. The molecule has 0 unspecified atom stereocenters. The number of carbonyl (C=O) groups is 2. The summed E-state index contributed by atoms with van der Waals surface area (Å²) in [5.41, 5.74) is -0.198. The van der Waals surface area contributed by atoms with Crippen molar-refractivity contribution in [1.82, 2.24) is 10.6 Å². The summed E-state index contributed by atoms with van der Waals surface area (Å²) in [4.78, 5) is 23.2. The zero-order valence-electron chi connectivity index (χ0n) is 10.5. The average Bonchev–Trinajstić information content (AvgIpc) is 2.36.